The van der Waals surface area contributed by atoms with Crippen molar-refractivity contribution in [2.24, 2.45) is 0 Å². The van der Waals surface area contributed by atoms with Crippen LogP contribution in [0.4, 0.5) is 0 Å². The largest absolute Gasteiger partial charge is 0.339 e. The van der Waals surface area contributed by atoms with Crippen molar-refractivity contribution in [1.82, 2.24) is 19.4 Å². The van der Waals surface area contributed by atoms with E-state index in [1.807, 2.05) is 35.2 Å². The lowest BCUT2D eigenvalue weighted by molar-refractivity contribution is 0.0590. The first-order valence-electron chi connectivity index (χ1n) is 11.9. The summed E-state index contributed by atoms with van der Waals surface area (Å²) in [5, 5.41) is 0.473. The highest BCUT2D eigenvalue weighted by atomic mass is 16.2. The molecule has 2 fully saturated rings. The van der Waals surface area contributed by atoms with Crippen molar-refractivity contribution in [2.45, 2.75) is 44.7 Å². The van der Waals surface area contributed by atoms with Gasteiger partial charge in [-0.25, -0.2) is 4.79 Å². The maximum atomic E-state index is 13.2. The molecule has 3 heterocycles. The molecule has 2 saturated heterocycles. The lowest BCUT2D eigenvalue weighted by atomic mass is 9.99. The first kappa shape index (κ1) is 21.6. The number of aromatic amines is 1. The molecule has 7 heteroatoms. The zero-order valence-electron chi connectivity index (χ0n) is 18.8. The fourth-order valence-corrected chi connectivity index (χ4v) is 5.28. The molecule has 2 aliphatic rings. The number of nitrogens with one attached hydrogen (secondary N) is 1. The SMILES string of the molecule is O=C(c1cccc(Cn2c(=O)[nH]c(=O)c3ccccc32)c1)N1CCC(N2CCCCC2)CC1. The maximum Gasteiger partial charge on any atom is 0.329 e. The molecule has 0 unspecified atom stereocenters. The highest BCUT2D eigenvalue weighted by Crippen LogP contribution is 2.22. The van der Waals surface area contributed by atoms with Gasteiger partial charge in [0.1, 0.15) is 0 Å². The first-order valence-corrected chi connectivity index (χ1v) is 11.9. The molecular formula is C26H30N4O3. The van der Waals surface area contributed by atoms with Gasteiger partial charge in [-0.3, -0.25) is 19.1 Å². The summed E-state index contributed by atoms with van der Waals surface area (Å²) in [6, 6.07) is 15.1. The number of hydrogen-bond acceptors (Lipinski definition) is 4. The van der Waals surface area contributed by atoms with E-state index in [0.29, 0.717) is 22.5 Å². The van der Waals surface area contributed by atoms with Crippen LogP contribution < -0.4 is 11.2 Å². The number of nitrogens with zero attached hydrogens (tertiary/aromatic N) is 3. The van der Waals surface area contributed by atoms with Gasteiger partial charge in [0.2, 0.25) is 0 Å². The number of H-pyrrole nitrogens is 1. The highest BCUT2D eigenvalue weighted by molar-refractivity contribution is 5.94. The van der Waals surface area contributed by atoms with Crippen LogP contribution >= 0.6 is 0 Å². The Hall–Kier alpha value is -3.19. The number of rotatable bonds is 4. The average molecular weight is 447 g/mol. The van der Waals surface area contributed by atoms with Crippen molar-refractivity contribution in [3.05, 3.63) is 80.5 Å². The van der Waals surface area contributed by atoms with Crippen molar-refractivity contribution in [3.8, 4) is 0 Å². The second-order valence-corrected chi connectivity index (χ2v) is 9.18. The number of piperidine rings is 2. The number of hydrogen-bond donors (Lipinski definition) is 1. The molecule has 2 aromatic carbocycles. The molecule has 2 aliphatic heterocycles. The third-order valence-corrected chi connectivity index (χ3v) is 7.08. The molecule has 0 atom stereocenters. The predicted molar refractivity (Wildman–Crippen MR) is 129 cm³/mol. The number of fused-ring (bicyclic) bond motifs is 1. The first-order chi connectivity index (χ1) is 16.1. The molecule has 0 spiro atoms. The molecule has 0 radical (unpaired) electrons. The van der Waals surface area contributed by atoms with Gasteiger partial charge in [-0.15, -0.1) is 0 Å². The monoisotopic (exact) mass is 446 g/mol. The summed E-state index contributed by atoms with van der Waals surface area (Å²) < 4.78 is 1.55. The maximum absolute atomic E-state index is 13.2. The van der Waals surface area contributed by atoms with Crippen LogP contribution in [-0.2, 0) is 6.54 Å². The Kier molecular flexibility index (Phi) is 6.13. The van der Waals surface area contributed by atoms with Crippen LogP contribution in [0.25, 0.3) is 10.9 Å². The van der Waals surface area contributed by atoms with E-state index in [0.717, 1.165) is 31.5 Å². The molecule has 1 N–H and O–H groups in total. The molecule has 0 bridgehead atoms. The van der Waals surface area contributed by atoms with Crippen molar-refractivity contribution in [3.63, 3.8) is 0 Å². The van der Waals surface area contributed by atoms with E-state index in [1.54, 1.807) is 22.8 Å². The Bertz CT molecular complexity index is 1260. The van der Waals surface area contributed by atoms with Gasteiger partial charge >= 0.3 is 5.69 Å². The molecule has 1 aromatic heterocycles. The third-order valence-electron chi connectivity index (χ3n) is 7.08. The van der Waals surface area contributed by atoms with Crippen LogP contribution in [0.15, 0.2) is 58.1 Å². The van der Waals surface area contributed by atoms with Crippen molar-refractivity contribution in [1.29, 1.82) is 0 Å². The van der Waals surface area contributed by atoms with Gasteiger partial charge in [0.05, 0.1) is 17.4 Å². The van der Waals surface area contributed by atoms with Crippen LogP contribution in [0.5, 0.6) is 0 Å². The van der Waals surface area contributed by atoms with E-state index in [4.69, 9.17) is 0 Å². The number of likely N-dealkylation sites (tertiary alicyclic amines) is 2. The van der Waals surface area contributed by atoms with Crippen molar-refractivity contribution in [2.75, 3.05) is 26.2 Å². The van der Waals surface area contributed by atoms with E-state index < -0.39 is 5.69 Å². The summed E-state index contributed by atoms with van der Waals surface area (Å²) in [4.78, 5) is 44.8. The number of carbonyl (C=O) groups is 1. The van der Waals surface area contributed by atoms with Gasteiger partial charge in [0, 0.05) is 24.7 Å². The molecular weight excluding hydrogens is 416 g/mol. The van der Waals surface area contributed by atoms with Crippen LogP contribution in [0, 0.1) is 0 Å². The summed E-state index contributed by atoms with van der Waals surface area (Å²) in [5.74, 6) is 0.0487. The Morgan fingerprint density at radius 2 is 1.67 bits per heavy atom. The Labute approximate surface area is 192 Å². The highest BCUT2D eigenvalue weighted by Gasteiger charge is 2.28. The third kappa shape index (κ3) is 4.50. The molecule has 1 amide bonds. The van der Waals surface area contributed by atoms with Crippen LogP contribution in [0.3, 0.4) is 0 Å². The van der Waals surface area contributed by atoms with Crippen LogP contribution in [0.1, 0.15) is 48.0 Å². The lowest BCUT2D eigenvalue weighted by Gasteiger charge is -2.40. The summed E-state index contributed by atoms with van der Waals surface area (Å²) in [7, 11) is 0. The number of carbonyl (C=O) groups excluding carboxylic acids is 1. The summed E-state index contributed by atoms with van der Waals surface area (Å²) in [6.45, 7) is 4.25. The number of aromatic nitrogens is 2. The van der Waals surface area contributed by atoms with Crippen molar-refractivity contribution >= 4 is 16.8 Å². The smallest absolute Gasteiger partial charge is 0.329 e. The van der Waals surface area contributed by atoms with E-state index >= 15 is 0 Å². The van der Waals surface area contributed by atoms with Gasteiger partial charge in [-0.1, -0.05) is 30.7 Å². The van der Waals surface area contributed by atoms with Crippen LogP contribution in [0.2, 0.25) is 0 Å². The molecule has 7 nitrogen and oxygen atoms in total. The lowest BCUT2D eigenvalue weighted by Crippen LogP contribution is -2.48. The van der Waals surface area contributed by atoms with Gasteiger partial charge in [0.15, 0.2) is 0 Å². The summed E-state index contributed by atoms with van der Waals surface area (Å²) in [6.07, 6.45) is 5.98. The fourth-order valence-electron chi connectivity index (χ4n) is 5.28. The minimum atomic E-state index is -0.449. The van der Waals surface area contributed by atoms with E-state index in [1.165, 1.54) is 32.4 Å². The number of benzene rings is 2. The second-order valence-electron chi connectivity index (χ2n) is 9.18. The molecule has 172 valence electrons. The van der Waals surface area contributed by atoms with E-state index in [9.17, 15) is 14.4 Å². The predicted octanol–water partition coefficient (Wildman–Crippen LogP) is 2.83. The summed E-state index contributed by atoms with van der Waals surface area (Å²) >= 11 is 0. The van der Waals surface area contributed by atoms with Gasteiger partial charge in [-0.2, -0.15) is 0 Å². The minimum Gasteiger partial charge on any atom is -0.339 e. The van der Waals surface area contributed by atoms with Gasteiger partial charge in [0.25, 0.3) is 11.5 Å². The Morgan fingerprint density at radius 1 is 0.909 bits per heavy atom. The summed E-state index contributed by atoms with van der Waals surface area (Å²) in [5.41, 5.74) is 1.25. The number of amides is 1. The van der Waals surface area contributed by atoms with Crippen molar-refractivity contribution < 1.29 is 4.79 Å². The molecule has 5 rings (SSSR count). The van der Waals surface area contributed by atoms with Crippen LogP contribution in [-0.4, -0.2) is 57.5 Å². The Morgan fingerprint density at radius 3 is 2.45 bits per heavy atom. The molecule has 0 saturated carbocycles. The minimum absolute atomic E-state index is 0.0487. The average Bonchev–Trinajstić information content (AvgIpc) is 2.87. The zero-order chi connectivity index (χ0) is 22.8. The molecule has 0 aliphatic carbocycles. The number of para-hydroxylation sites is 1. The quantitative estimate of drug-likeness (QED) is 0.669. The fraction of sp³-hybridized carbons (Fsp3) is 0.423. The van der Waals surface area contributed by atoms with Gasteiger partial charge < -0.3 is 9.80 Å². The van der Waals surface area contributed by atoms with E-state index in [2.05, 4.69) is 9.88 Å². The molecule has 33 heavy (non-hydrogen) atoms. The zero-order valence-corrected chi connectivity index (χ0v) is 18.8. The second kappa shape index (κ2) is 9.35. The van der Waals surface area contributed by atoms with E-state index in [-0.39, 0.29) is 18.0 Å². The Balaban J connectivity index is 1.31. The molecule has 3 aromatic rings. The normalized spacial score (nSPS) is 18.0. The van der Waals surface area contributed by atoms with Gasteiger partial charge in [-0.05, 0) is 68.6 Å². The standard InChI is InChI=1S/C26H30N4O3/c31-24-22-9-2-3-10-23(22)30(26(33)27-24)18-19-7-6-8-20(17-19)25(32)29-15-11-21(12-16-29)28-13-4-1-5-14-28/h2-3,6-10,17,21H,1,4-5,11-16,18H2,(H,27,31,33). The topological polar surface area (TPSA) is 78.4 Å².